The van der Waals surface area contributed by atoms with Gasteiger partial charge in [0.15, 0.2) is 0 Å². The van der Waals surface area contributed by atoms with Crippen molar-refractivity contribution in [3.05, 3.63) is 70.5 Å². The Morgan fingerprint density at radius 1 is 1.11 bits per heavy atom. The Kier molecular flexibility index (Phi) is 4.18. The second-order valence-corrected chi connectivity index (χ2v) is 5.37. The molecule has 0 amide bonds. The second kappa shape index (κ2) is 5.66. The van der Waals surface area contributed by atoms with Crippen molar-refractivity contribution in [2.75, 3.05) is 0 Å². The van der Waals surface area contributed by atoms with E-state index < -0.39 is 0 Å². The van der Waals surface area contributed by atoms with Crippen molar-refractivity contribution in [3.63, 3.8) is 0 Å². The van der Waals surface area contributed by atoms with Crippen LogP contribution in [-0.4, -0.2) is 0 Å². The fourth-order valence-electron chi connectivity index (χ4n) is 2.03. The molecule has 0 nitrogen and oxygen atoms in total. The van der Waals surface area contributed by atoms with Gasteiger partial charge in [0.2, 0.25) is 0 Å². The molecule has 0 aliphatic heterocycles. The normalized spacial score (nSPS) is 12.4. The molecule has 1 unspecified atom stereocenters. The molecule has 18 heavy (non-hydrogen) atoms. The van der Waals surface area contributed by atoms with Crippen LogP contribution in [0.1, 0.15) is 34.0 Å². The van der Waals surface area contributed by atoms with Crippen LogP contribution in [0.2, 0.25) is 0 Å². The lowest BCUT2D eigenvalue weighted by Crippen LogP contribution is -1.97. The maximum absolute atomic E-state index is 13.1. The molecule has 0 fully saturated rings. The molecule has 2 aromatic rings. The average molecular weight is 307 g/mol. The largest absolute Gasteiger partial charge is 0.207 e. The first-order chi connectivity index (χ1) is 8.61. The Hall–Kier alpha value is -1.15. The summed E-state index contributed by atoms with van der Waals surface area (Å²) in [6.07, 6.45) is 1.04. The summed E-state index contributed by atoms with van der Waals surface area (Å²) < 4.78 is 13.1. The monoisotopic (exact) mass is 306 g/mol. The molecule has 2 heteroatoms. The number of aryl methyl sites for hydroxylation is 2. The highest BCUT2D eigenvalue weighted by molar-refractivity contribution is 9.09. The summed E-state index contributed by atoms with van der Waals surface area (Å²) >= 11 is 3.69. The van der Waals surface area contributed by atoms with Crippen LogP contribution in [0.25, 0.3) is 0 Å². The Morgan fingerprint density at radius 3 is 2.33 bits per heavy atom. The van der Waals surface area contributed by atoms with Crippen LogP contribution in [0.3, 0.4) is 0 Å². The Morgan fingerprint density at radius 2 is 1.78 bits per heavy atom. The van der Waals surface area contributed by atoms with E-state index in [1.165, 1.54) is 17.2 Å². The van der Waals surface area contributed by atoms with Crippen LogP contribution < -0.4 is 0 Å². The van der Waals surface area contributed by atoms with E-state index in [0.717, 1.165) is 17.5 Å². The van der Waals surface area contributed by atoms with E-state index in [1.807, 2.05) is 13.0 Å². The van der Waals surface area contributed by atoms with Crippen molar-refractivity contribution in [3.8, 4) is 0 Å². The van der Waals surface area contributed by atoms with Gasteiger partial charge in [-0.05, 0) is 47.7 Å². The summed E-state index contributed by atoms with van der Waals surface area (Å²) in [7, 11) is 0. The zero-order valence-corrected chi connectivity index (χ0v) is 12.2. The molecule has 0 bridgehead atoms. The standard InChI is InChI=1S/C16H16BrF/c1-3-12-4-6-13(7-5-12)16(17)15-9-8-14(18)10-11(15)2/h4-10,16H,3H2,1-2H3. The van der Waals surface area contributed by atoms with Gasteiger partial charge in [-0.2, -0.15) is 0 Å². The van der Waals surface area contributed by atoms with Crippen molar-refractivity contribution in [2.45, 2.75) is 25.1 Å². The molecule has 0 radical (unpaired) electrons. The van der Waals surface area contributed by atoms with E-state index in [2.05, 4.69) is 47.1 Å². The highest BCUT2D eigenvalue weighted by atomic mass is 79.9. The third kappa shape index (κ3) is 2.81. The van der Waals surface area contributed by atoms with Gasteiger partial charge >= 0.3 is 0 Å². The Bertz CT molecular complexity index is 531. The smallest absolute Gasteiger partial charge is 0.123 e. The van der Waals surface area contributed by atoms with Crippen LogP contribution in [0.5, 0.6) is 0 Å². The Labute approximate surface area is 116 Å². The van der Waals surface area contributed by atoms with E-state index in [1.54, 1.807) is 6.07 Å². The minimum Gasteiger partial charge on any atom is -0.207 e. The van der Waals surface area contributed by atoms with E-state index in [4.69, 9.17) is 0 Å². The molecule has 0 aliphatic rings. The average Bonchev–Trinajstić information content (AvgIpc) is 2.38. The molecule has 94 valence electrons. The molecule has 0 saturated heterocycles. The van der Waals surface area contributed by atoms with Crippen molar-refractivity contribution in [1.82, 2.24) is 0 Å². The maximum atomic E-state index is 13.1. The van der Waals surface area contributed by atoms with Gasteiger partial charge in [0.25, 0.3) is 0 Å². The van der Waals surface area contributed by atoms with Gasteiger partial charge in [-0.25, -0.2) is 4.39 Å². The second-order valence-electron chi connectivity index (χ2n) is 4.46. The third-order valence-electron chi connectivity index (χ3n) is 3.19. The lowest BCUT2D eigenvalue weighted by Gasteiger charge is -2.14. The van der Waals surface area contributed by atoms with Crippen LogP contribution in [0.15, 0.2) is 42.5 Å². The number of halogens is 2. The molecule has 2 rings (SSSR count). The zero-order chi connectivity index (χ0) is 13.1. The number of benzene rings is 2. The summed E-state index contributed by atoms with van der Waals surface area (Å²) in [6.45, 7) is 4.08. The molecule has 1 atom stereocenters. The summed E-state index contributed by atoms with van der Waals surface area (Å²) in [5.41, 5.74) is 4.60. The number of rotatable bonds is 3. The third-order valence-corrected chi connectivity index (χ3v) is 4.21. The SMILES string of the molecule is CCc1ccc(C(Br)c2ccc(F)cc2C)cc1. The van der Waals surface area contributed by atoms with Gasteiger partial charge in [0, 0.05) is 0 Å². The molecular weight excluding hydrogens is 291 g/mol. The van der Waals surface area contributed by atoms with Crippen molar-refractivity contribution < 1.29 is 4.39 Å². The lowest BCUT2D eigenvalue weighted by molar-refractivity contribution is 0.626. The van der Waals surface area contributed by atoms with E-state index in [9.17, 15) is 4.39 Å². The van der Waals surface area contributed by atoms with Crippen molar-refractivity contribution in [2.24, 2.45) is 0 Å². The highest BCUT2D eigenvalue weighted by Gasteiger charge is 2.12. The summed E-state index contributed by atoms with van der Waals surface area (Å²) in [6, 6.07) is 13.5. The van der Waals surface area contributed by atoms with Gasteiger partial charge in [0.05, 0.1) is 4.83 Å². The minimum atomic E-state index is -0.183. The predicted molar refractivity (Wildman–Crippen MR) is 77.7 cm³/mol. The lowest BCUT2D eigenvalue weighted by atomic mass is 9.99. The van der Waals surface area contributed by atoms with Crippen LogP contribution in [-0.2, 0) is 6.42 Å². The fourth-order valence-corrected chi connectivity index (χ4v) is 2.84. The van der Waals surface area contributed by atoms with Crippen LogP contribution in [0, 0.1) is 12.7 Å². The first-order valence-electron chi connectivity index (χ1n) is 6.10. The molecule has 0 spiro atoms. The highest BCUT2D eigenvalue weighted by Crippen LogP contribution is 2.33. The summed E-state index contributed by atoms with van der Waals surface area (Å²) in [5, 5.41) is 0. The number of hydrogen-bond acceptors (Lipinski definition) is 0. The molecule has 0 heterocycles. The zero-order valence-electron chi connectivity index (χ0n) is 10.6. The van der Waals surface area contributed by atoms with Gasteiger partial charge in [-0.1, -0.05) is 53.2 Å². The van der Waals surface area contributed by atoms with Gasteiger partial charge < -0.3 is 0 Å². The molecule has 0 N–H and O–H groups in total. The summed E-state index contributed by atoms with van der Waals surface area (Å²) in [4.78, 5) is 0.115. The molecule has 0 saturated carbocycles. The van der Waals surface area contributed by atoms with E-state index in [0.29, 0.717) is 0 Å². The van der Waals surface area contributed by atoms with E-state index in [-0.39, 0.29) is 10.6 Å². The number of alkyl halides is 1. The molecule has 0 aliphatic carbocycles. The van der Waals surface area contributed by atoms with Gasteiger partial charge in [-0.15, -0.1) is 0 Å². The quantitative estimate of drug-likeness (QED) is 0.685. The molecule has 0 aromatic heterocycles. The van der Waals surface area contributed by atoms with Crippen LogP contribution in [0.4, 0.5) is 4.39 Å². The molecular formula is C16H16BrF. The van der Waals surface area contributed by atoms with Crippen LogP contribution >= 0.6 is 15.9 Å². The molecule has 2 aromatic carbocycles. The first-order valence-corrected chi connectivity index (χ1v) is 7.02. The predicted octanol–water partition coefficient (Wildman–Crippen LogP) is 5.18. The van der Waals surface area contributed by atoms with E-state index >= 15 is 0 Å². The van der Waals surface area contributed by atoms with Crippen molar-refractivity contribution in [1.29, 1.82) is 0 Å². The minimum absolute atomic E-state index is 0.115. The van der Waals surface area contributed by atoms with Crippen molar-refractivity contribution >= 4 is 15.9 Å². The first kappa shape index (κ1) is 13.3. The fraction of sp³-hybridized carbons (Fsp3) is 0.250. The van der Waals surface area contributed by atoms with Gasteiger partial charge in [-0.3, -0.25) is 0 Å². The number of hydrogen-bond donors (Lipinski definition) is 0. The summed E-state index contributed by atoms with van der Waals surface area (Å²) in [5.74, 6) is -0.183. The van der Waals surface area contributed by atoms with Gasteiger partial charge in [0.1, 0.15) is 5.82 Å². The topological polar surface area (TPSA) is 0 Å². The Balaban J connectivity index is 2.31. The maximum Gasteiger partial charge on any atom is 0.123 e.